The van der Waals surface area contributed by atoms with Crippen LogP contribution in [-0.4, -0.2) is 16.2 Å². The van der Waals surface area contributed by atoms with Crippen molar-refractivity contribution in [3.63, 3.8) is 0 Å². The molecule has 408 valence electrons. The summed E-state index contributed by atoms with van der Waals surface area (Å²) in [5.74, 6) is 1.35. The minimum Gasteiger partial charge on any atom is -0.457 e. The third-order valence-electron chi connectivity index (χ3n) is 16.7. The SMILES string of the molecule is [2H]c1c([2H])c(-c2c([2H])c([2H])c(C(C)(C)C)c([2H])c2[2H])c(C([2H])([2H])[2H])c([2H])c1-c1cccc(-c2ccc3c(c2)C(C)(C)CCC3(C)C)c1N1CN(c2cccc(Oc3ccc4c5c([2H])c([2H])c([2H])c([2H])c5n(-c5cc(C(C)(C)C)c(-c6ccccc6)cn5)c4c3)c2)c2ccccc21. The van der Waals surface area contributed by atoms with E-state index in [0.717, 1.165) is 52.2 Å². The highest BCUT2D eigenvalue weighted by Crippen LogP contribution is 2.53. The Balaban J connectivity index is 0.967. The van der Waals surface area contributed by atoms with Crippen LogP contribution in [0.4, 0.5) is 22.7 Å². The lowest BCUT2D eigenvalue weighted by molar-refractivity contribution is 0.332. The van der Waals surface area contributed by atoms with Crippen LogP contribution < -0.4 is 14.5 Å². The zero-order valence-electron chi connectivity index (χ0n) is 62.2. The van der Waals surface area contributed by atoms with E-state index in [1.807, 2.05) is 115 Å². The second-order valence-electron chi connectivity index (χ2n) is 25.3. The van der Waals surface area contributed by atoms with Gasteiger partial charge < -0.3 is 14.5 Å². The summed E-state index contributed by atoms with van der Waals surface area (Å²) >= 11 is 0. The lowest BCUT2D eigenvalue weighted by Crippen LogP contribution is -2.33. The van der Waals surface area contributed by atoms with E-state index in [4.69, 9.17) is 19.3 Å². The van der Waals surface area contributed by atoms with Crippen LogP contribution in [0.3, 0.4) is 0 Å². The zero-order chi connectivity index (χ0) is 68.9. The van der Waals surface area contributed by atoms with Gasteiger partial charge in [-0.2, -0.15) is 0 Å². The van der Waals surface area contributed by atoms with E-state index in [-0.39, 0.29) is 63.7 Å². The number of fused-ring (bicyclic) bond motifs is 5. The number of para-hydroxylation sites is 4. The number of aromatic nitrogens is 2. The maximum absolute atomic E-state index is 10.1. The van der Waals surface area contributed by atoms with Crippen molar-refractivity contribution in [2.75, 3.05) is 16.5 Å². The predicted molar refractivity (Wildman–Crippen MR) is 346 cm³/mol. The molecule has 0 bridgehead atoms. The zero-order valence-corrected chi connectivity index (χ0v) is 48.2. The van der Waals surface area contributed by atoms with Crippen LogP contribution in [0.2, 0.25) is 0 Å². The monoisotopic (exact) mass is 1080 g/mol. The summed E-state index contributed by atoms with van der Waals surface area (Å²) in [5.41, 5.74) is 7.63. The van der Waals surface area contributed by atoms with Gasteiger partial charge in [0.2, 0.25) is 0 Å². The summed E-state index contributed by atoms with van der Waals surface area (Å²) in [7, 11) is 0. The van der Waals surface area contributed by atoms with Crippen LogP contribution in [0.25, 0.3) is 72.1 Å². The Labute approximate surface area is 505 Å². The normalized spacial score (nSPS) is 17.3. The molecular formula is C77H74N4O. The van der Waals surface area contributed by atoms with E-state index in [1.165, 1.54) is 11.1 Å². The summed E-state index contributed by atoms with van der Waals surface area (Å²) in [4.78, 5) is 9.23. The molecule has 9 aromatic carbocycles. The molecule has 11 aromatic rings. The van der Waals surface area contributed by atoms with E-state index in [2.05, 4.69) is 76.5 Å². The molecule has 0 atom stereocenters. The first-order chi connectivity index (χ1) is 45.1. The Morgan fingerprint density at radius 2 is 1.21 bits per heavy atom. The van der Waals surface area contributed by atoms with Crippen molar-refractivity contribution in [2.45, 2.75) is 111 Å². The van der Waals surface area contributed by atoms with Crippen LogP contribution in [-0.2, 0) is 21.7 Å². The predicted octanol–water partition coefficient (Wildman–Crippen LogP) is 21.1. The first-order valence-corrected chi connectivity index (χ1v) is 28.2. The fourth-order valence-electron chi connectivity index (χ4n) is 12.1. The molecule has 82 heavy (non-hydrogen) atoms. The van der Waals surface area contributed by atoms with E-state index in [0.29, 0.717) is 50.4 Å². The average molecular weight is 1090 g/mol. The van der Waals surface area contributed by atoms with Gasteiger partial charge in [-0.25, -0.2) is 4.98 Å². The van der Waals surface area contributed by atoms with Gasteiger partial charge in [-0.3, -0.25) is 4.57 Å². The third kappa shape index (κ3) is 9.34. The van der Waals surface area contributed by atoms with Crippen LogP contribution in [0.1, 0.15) is 129 Å². The second kappa shape index (κ2) is 19.8. The molecule has 0 saturated heterocycles. The second-order valence-corrected chi connectivity index (χ2v) is 25.3. The van der Waals surface area contributed by atoms with Crippen LogP contribution in [0.5, 0.6) is 11.5 Å². The minimum atomic E-state index is -3.14. The van der Waals surface area contributed by atoms with E-state index >= 15 is 0 Å². The summed E-state index contributed by atoms with van der Waals surface area (Å²) < 4.78 is 139. The largest absolute Gasteiger partial charge is 0.457 e. The smallest absolute Gasteiger partial charge is 0.137 e. The molecule has 5 heteroatoms. The summed E-state index contributed by atoms with van der Waals surface area (Å²) in [6.07, 6.45) is 3.77. The Bertz CT molecular complexity index is 5030. The molecule has 0 fully saturated rings. The Morgan fingerprint density at radius 1 is 0.524 bits per heavy atom. The molecule has 3 heterocycles. The first-order valence-electron chi connectivity index (χ1n) is 35.2. The highest BCUT2D eigenvalue weighted by Gasteiger charge is 2.38. The number of hydrogen-bond donors (Lipinski definition) is 0. The lowest BCUT2D eigenvalue weighted by atomic mass is 9.63. The summed E-state index contributed by atoms with van der Waals surface area (Å²) in [6, 6.07) is 40.2. The molecule has 2 aromatic heterocycles. The van der Waals surface area contributed by atoms with Crippen LogP contribution in [0, 0.1) is 6.85 Å². The quantitative estimate of drug-likeness (QED) is 0.144. The maximum atomic E-state index is 10.1. The highest BCUT2D eigenvalue weighted by atomic mass is 16.5. The molecule has 13 rings (SSSR count). The van der Waals surface area contributed by atoms with Crippen LogP contribution in [0.15, 0.2) is 212 Å². The van der Waals surface area contributed by atoms with Gasteiger partial charge in [0.15, 0.2) is 0 Å². The summed E-state index contributed by atoms with van der Waals surface area (Å²) in [6.45, 7) is 17.7. The van der Waals surface area contributed by atoms with Gasteiger partial charge in [0, 0.05) is 55.6 Å². The van der Waals surface area contributed by atoms with Crippen molar-refractivity contribution in [3.05, 3.63) is 240 Å². The maximum Gasteiger partial charge on any atom is 0.137 e. The molecule has 0 amide bonds. The van der Waals surface area contributed by atoms with Crippen LogP contribution >= 0.6 is 0 Å². The van der Waals surface area contributed by atoms with Crippen molar-refractivity contribution in [2.24, 2.45) is 0 Å². The number of rotatable bonds is 9. The van der Waals surface area contributed by atoms with Crippen molar-refractivity contribution >= 4 is 44.6 Å². The van der Waals surface area contributed by atoms with Gasteiger partial charge >= 0.3 is 0 Å². The van der Waals surface area contributed by atoms with Gasteiger partial charge in [-0.15, -0.1) is 0 Å². The molecule has 0 N–H and O–H groups in total. The molecular weight excluding hydrogens is 997 g/mol. The number of anilines is 4. The topological polar surface area (TPSA) is 33.5 Å². The molecule has 0 radical (unpaired) electrons. The first kappa shape index (κ1) is 38.9. The number of benzene rings is 9. The van der Waals surface area contributed by atoms with Gasteiger partial charge in [0.25, 0.3) is 0 Å². The summed E-state index contributed by atoms with van der Waals surface area (Å²) in [5, 5.41) is 0.935. The fourth-order valence-corrected chi connectivity index (χ4v) is 12.1. The number of pyridine rings is 1. The molecule has 0 saturated carbocycles. The molecule has 5 nitrogen and oxygen atoms in total. The van der Waals surface area contributed by atoms with Gasteiger partial charge in [-0.05, 0) is 145 Å². The standard InChI is InChI=1S/C77H74N4O/c1-50-43-53(33-38-59(50)52-31-35-55(36-32-52)74(2,3)4)60-26-20-27-61(54-34-40-65-67(44-54)77(10,11)42-41-76(65,8)9)73(60)80-49-79(69-29-17-18-30-70(69)80)56-23-19-24-57(45-56)82-58-37-39-63-62-25-15-16-28-68(62)81(71(63)46-58)72-47-66(75(5,6)7)64(48-78-72)51-21-13-12-14-22-51/h12-40,43-48H,41-42,49H2,1-11H3/i1D3,15D,16D,25D,28D,31D,32D,33D,35D,36D,38D,43D. The van der Waals surface area contributed by atoms with Crippen molar-refractivity contribution < 1.29 is 23.9 Å². The molecule has 0 spiro atoms. The van der Waals surface area contributed by atoms with Gasteiger partial charge in [0.1, 0.15) is 24.0 Å². The average Bonchev–Trinajstić information content (AvgIpc) is 1.27. The lowest BCUT2D eigenvalue weighted by Gasteiger charge is -2.42. The van der Waals surface area contributed by atoms with Crippen molar-refractivity contribution in [1.82, 2.24) is 9.55 Å². The van der Waals surface area contributed by atoms with E-state index in [9.17, 15) is 9.60 Å². The number of ether oxygens (including phenoxy) is 1. The Morgan fingerprint density at radius 3 is 1.95 bits per heavy atom. The van der Waals surface area contributed by atoms with E-state index in [1.54, 1.807) is 37.5 Å². The van der Waals surface area contributed by atoms with Crippen molar-refractivity contribution in [1.29, 1.82) is 0 Å². The number of nitrogens with zero attached hydrogens (tertiary/aromatic N) is 4. The van der Waals surface area contributed by atoms with Crippen molar-refractivity contribution in [3.8, 4) is 61.8 Å². The number of hydrogen-bond acceptors (Lipinski definition) is 4. The third-order valence-corrected chi connectivity index (χ3v) is 16.7. The Hall–Kier alpha value is -8.67. The highest BCUT2D eigenvalue weighted by molar-refractivity contribution is 6.09. The molecule has 0 unspecified atom stereocenters. The van der Waals surface area contributed by atoms with Gasteiger partial charge in [-0.1, -0.05) is 215 Å². The Kier molecular flexibility index (Phi) is 9.39. The fraction of sp³-hybridized carbons (Fsp3) is 0.234. The molecule has 2 aliphatic rings. The molecule has 1 aliphatic carbocycles. The molecule has 1 aliphatic heterocycles. The minimum absolute atomic E-state index is 0.111. The van der Waals surface area contributed by atoms with E-state index < -0.39 is 71.3 Å². The van der Waals surface area contributed by atoms with Gasteiger partial charge in [0.05, 0.1) is 43.2 Å².